The van der Waals surface area contributed by atoms with Crippen LogP contribution in [0, 0.1) is 0 Å². The Morgan fingerprint density at radius 1 is 1.30 bits per heavy atom. The van der Waals surface area contributed by atoms with E-state index in [0.717, 1.165) is 5.69 Å². The van der Waals surface area contributed by atoms with Gasteiger partial charge in [0.2, 0.25) is 0 Å². The van der Waals surface area contributed by atoms with Crippen LogP contribution in [0.3, 0.4) is 0 Å². The van der Waals surface area contributed by atoms with E-state index in [2.05, 4.69) is 0 Å². The fourth-order valence-electron chi connectivity index (χ4n) is 1.96. The Hall–Kier alpha value is -1.11. The summed E-state index contributed by atoms with van der Waals surface area (Å²) in [4.78, 5) is 2.20. The van der Waals surface area contributed by atoms with Gasteiger partial charge >= 0.3 is 0 Å². The van der Waals surface area contributed by atoms with Crippen molar-refractivity contribution in [1.29, 1.82) is 0 Å². The fraction of sp³-hybridized carbons (Fsp3) is 0.571. The molecule has 0 aliphatic rings. The summed E-state index contributed by atoms with van der Waals surface area (Å²) < 4.78 is 28.7. The Morgan fingerprint density at radius 2 is 1.90 bits per heavy atom. The van der Waals surface area contributed by atoms with E-state index in [1.165, 1.54) is 7.11 Å². The molecule has 0 bridgehead atoms. The first-order valence-electron chi connectivity index (χ1n) is 6.61. The molecule has 0 aliphatic heterocycles. The summed E-state index contributed by atoms with van der Waals surface area (Å²) in [5.74, 6) is 0.161. The quantitative estimate of drug-likeness (QED) is 0.784. The van der Waals surface area contributed by atoms with Gasteiger partial charge in [0, 0.05) is 26.4 Å². The first-order chi connectivity index (χ1) is 9.40. The van der Waals surface area contributed by atoms with Crippen molar-refractivity contribution in [2.45, 2.75) is 24.3 Å². The highest BCUT2D eigenvalue weighted by molar-refractivity contribution is 7.91. The fourth-order valence-corrected chi connectivity index (χ4v) is 3.29. The third kappa shape index (κ3) is 4.77. The monoisotopic (exact) mass is 301 g/mol. The minimum atomic E-state index is -3.17. The van der Waals surface area contributed by atoms with Gasteiger partial charge in [-0.15, -0.1) is 0 Å². The molecule has 114 valence electrons. The van der Waals surface area contributed by atoms with Crippen molar-refractivity contribution in [3.63, 3.8) is 0 Å². The van der Waals surface area contributed by atoms with Crippen molar-refractivity contribution < 1.29 is 18.3 Å². The van der Waals surface area contributed by atoms with Gasteiger partial charge in [-0.25, -0.2) is 8.42 Å². The highest BCUT2D eigenvalue weighted by Crippen LogP contribution is 2.18. The summed E-state index contributed by atoms with van der Waals surface area (Å²) in [6, 6.07) is 6.73. The molecule has 20 heavy (non-hydrogen) atoms. The molecule has 0 spiro atoms. The second-order valence-corrected chi connectivity index (χ2v) is 6.91. The van der Waals surface area contributed by atoms with E-state index < -0.39 is 15.9 Å². The lowest BCUT2D eigenvalue weighted by Crippen LogP contribution is -2.31. The number of nitrogens with zero attached hydrogens (tertiary/aromatic N) is 1. The Morgan fingerprint density at radius 3 is 2.40 bits per heavy atom. The number of methoxy groups -OCH3 is 1. The Balaban J connectivity index is 2.76. The van der Waals surface area contributed by atoms with Gasteiger partial charge in [-0.2, -0.15) is 0 Å². The lowest BCUT2D eigenvalue weighted by atomic mass is 10.2. The summed E-state index contributed by atoms with van der Waals surface area (Å²) in [5.41, 5.74) is 0.857. The molecule has 0 saturated heterocycles. The number of anilines is 1. The normalized spacial score (nSPS) is 13.2. The van der Waals surface area contributed by atoms with Crippen LogP contribution in [0.25, 0.3) is 0 Å². The van der Waals surface area contributed by atoms with Gasteiger partial charge < -0.3 is 14.7 Å². The summed E-state index contributed by atoms with van der Waals surface area (Å²) in [5, 5.41) is 9.67. The van der Waals surface area contributed by atoms with Gasteiger partial charge in [-0.05, 0) is 30.7 Å². The molecule has 0 saturated carbocycles. The number of aliphatic hydroxyl groups is 1. The van der Waals surface area contributed by atoms with Crippen molar-refractivity contribution in [3.05, 3.63) is 24.3 Å². The maximum Gasteiger partial charge on any atom is 0.178 e. The van der Waals surface area contributed by atoms with E-state index in [1.807, 2.05) is 18.9 Å². The molecule has 1 aromatic rings. The van der Waals surface area contributed by atoms with Crippen molar-refractivity contribution >= 4 is 15.5 Å². The maximum absolute atomic E-state index is 11.9. The average molecular weight is 301 g/mol. The zero-order valence-electron chi connectivity index (χ0n) is 12.2. The molecule has 1 atom stereocenters. The predicted molar refractivity (Wildman–Crippen MR) is 79.9 cm³/mol. The van der Waals surface area contributed by atoms with E-state index >= 15 is 0 Å². The van der Waals surface area contributed by atoms with Gasteiger partial charge in [0.15, 0.2) is 9.84 Å². The molecular weight excluding hydrogens is 278 g/mol. The largest absolute Gasteiger partial charge is 0.389 e. The Labute approximate surface area is 121 Å². The molecule has 5 nitrogen and oxygen atoms in total. The van der Waals surface area contributed by atoms with Crippen LogP contribution in [-0.2, 0) is 14.6 Å². The number of ether oxygens (including phenoxy) is 1. The van der Waals surface area contributed by atoms with Gasteiger partial charge in [0.05, 0.1) is 23.4 Å². The summed E-state index contributed by atoms with van der Waals surface area (Å²) in [6.07, 6.45) is 0.0289. The number of sulfone groups is 1. The van der Waals surface area contributed by atoms with Gasteiger partial charge in [0.25, 0.3) is 0 Å². The molecule has 1 aromatic carbocycles. The number of hydrogen-bond acceptors (Lipinski definition) is 5. The van der Waals surface area contributed by atoms with Crippen LogP contribution < -0.4 is 4.90 Å². The smallest absolute Gasteiger partial charge is 0.178 e. The second-order valence-electron chi connectivity index (χ2n) is 4.80. The van der Waals surface area contributed by atoms with E-state index in [-0.39, 0.29) is 12.4 Å². The summed E-state index contributed by atoms with van der Waals surface area (Å²) >= 11 is 0. The molecule has 1 N–H and O–H groups in total. The SMILES string of the molecule is CCCS(=O)(=O)c1ccc(N(C)CC(O)COC)cc1. The molecule has 0 aromatic heterocycles. The highest BCUT2D eigenvalue weighted by atomic mass is 32.2. The molecule has 0 radical (unpaired) electrons. The van der Waals surface area contributed by atoms with Crippen LogP contribution in [0.2, 0.25) is 0 Å². The van der Waals surface area contributed by atoms with Crippen molar-refractivity contribution in [2.75, 3.05) is 38.0 Å². The first-order valence-corrected chi connectivity index (χ1v) is 8.27. The third-order valence-corrected chi connectivity index (χ3v) is 4.89. The molecule has 1 rings (SSSR count). The van der Waals surface area contributed by atoms with Crippen LogP contribution in [-0.4, -0.2) is 52.7 Å². The molecule has 1 unspecified atom stereocenters. The predicted octanol–water partition coefficient (Wildman–Crippen LogP) is 1.31. The maximum atomic E-state index is 11.9. The van der Waals surface area contributed by atoms with E-state index in [1.54, 1.807) is 24.3 Å². The molecule has 0 fully saturated rings. The molecule has 0 aliphatic carbocycles. The zero-order valence-corrected chi connectivity index (χ0v) is 13.1. The number of aliphatic hydroxyl groups excluding tert-OH is 1. The van der Waals surface area contributed by atoms with Crippen LogP contribution in [0.15, 0.2) is 29.2 Å². The minimum absolute atomic E-state index is 0.161. The van der Waals surface area contributed by atoms with Crippen LogP contribution >= 0.6 is 0 Å². The zero-order chi connectivity index (χ0) is 15.2. The number of likely N-dealkylation sites (N-methyl/N-ethyl adjacent to an activating group) is 1. The van der Waals surface area contributed by atoms with Gasteiger partial charge in [0.1, 0.15) is 0 Å². The van der Waals surface area contributed by atoms with Gasteiger partial charge in [-0.3, -0.25) is 0 Å². The summed E-state index contributed by atoms with van der Waals surface area (Å²) in [7, 11) is 0.208. The minimum Gasteiger partial charge on any atom is -0.389 e. The molecule has 6 heteroatoms. The number of rotatable bonds is 8. The standard InChI is InChI=1S/C14H23NO4S/c1-4-9-20(17,18)14-7-5-12(6-8-14)15(2)10-13(16)11-19-3/h5-8,13,16H,4,9-11H2,1-3H3. The van der Waals surface area contributed by atoms with Crippen molar-refractivity contribution in [1.82, 2.24) is 0 Å². The van der Waals surface area contributed by atoms with Crippen LogP contribution in [0.5, 0.6) is 0 Å². The van der Waals surface area contributed by atoms with Crippen molar-refractivity contribution in [3.8, 4) is 0 Å². The highest BCUT2D eigenvalue weighted by Gasteiger charge is 2.14. The van der Waals surface area contributed by atoms with Crippen molar-refractivity contribution in [2.24, 2.45) is 0 Å². The van der Waals surface area contributed by atoms with E-state index in [9.17, 15) is 13.5 Å². The lowest BCUT2D eigenvalue weighted by Gasteiger charge is -2.22. The lowest BCUT2D eigenvalue weighted by molar-refractivity contribution is 0.0695. The average Bonchev–Trinajstić information content (AvgIpc) is 2.39. The molecular formula is C14H23NO4S. The number of hydrogen-bond donors (Lipinski definition) is 1. The Bertz CT molecular complexity index is 498. The molecule has 0 amide bonds. The topological polar surface area (TPSA) is 66.8 Å². The van der Waals surface area contributed by atoms with E-state index in [4.69, 9.17) is 4.74 Å². The van der Waals surface area contributed by atoms with Gasteiger partial charge in [-0.1, -0.05) is 6.92 Å². The second kappa shape index (κ2) is 7.61. The van der Waals surface area contributed by atoms with Crippen LogP contribution in [0.4, 0.5) is 5.69 Å². The molecule has 0 heterocycles. The van der Waals surface area contributed by atoms with Crippen LogP contribution in [0.1, 0.15) is 13.3 Å². The first kappa shape index (κ1) is 16.9. The third-order valence-electron chi connectivity index (χ3n) is 2.95. The van der Waals surface area contributed by atoms with E-state index in [0.29, 0.717) is 17.9 Å². The Kier molecular flexibility index (Phi) is 6.45. The number of benzene rings is 1. The summed E-state index contributed by atoms with van der Waals surface area (Å²) in [6.45, 7) is 2.54.